The monoisotopic (exact) mass is 330 g/mol. The van der Waals surface area contributed by atoms with E-state index in [1.165, 1.54) is 0 Å². The predicted molar refractivity (Wildman–Crippen MR) is 85.6 cm³/mol. The Morgan fingerprint density at radius 1 is 1.38 bits per heavy atom. The predicted octanol–water partition coefficient (Wildman–Crippen LogP) is 3.52. The average molecular weight is 330 g/mol. The van der Waals surface area contributed by atoms with E-state index in [0.29, 0.717) is 23.5 Å². The lowest BCUT2D eigenvalue weighted by Gasteiger charge is -2.47. The molecule has 1 saturated heterocycles. The minimum atomic E-state index is -0.850. The van der Waals surface area contributed by atoms with Crippen molar-refractivity contribution in [1.82, 2.24) is 0 Å². The molecule has 5 heteroatoms. The molecule has 1 fully saturated rings. The molecule has 1 aromatic heterocycles. The first-order chi connectivity index (χ1) is 11.3. The highest BCUT2D eigenvalue weighted by molar-refractivity contribution is 6.10. The van der Waals surface area contributed by atoms with Gasteiger partial charge in [-0.15, -0.1) is 0 Å². The van der Waals surface area contributed by atoms with Gasteiger partial charge in [0.1, 0.15) is 6.10 Å². The maximum absolute atomic E-state index is 12.9. The van der Waals surface area contributed by atoms with Crippen LogP contribution >= 0.6 is 0 Å². The van der Waals surface area contributed by atoms with Gasteiger partial charge in [0.25, 0.3) is 0 Å². The van der Waals surface area contributed by atoms with Gasteiger partial charge in [-0.3, -0.25) is 4.79 Å². The summed E-state index contributed by atoms with van der Waals surface area (Å²) in [6.45, 7) is 8.15. The largest absolute Gasteiger partial charge is 0.460 e. The van der Waals surface area contributed by atoms with Crippen molar-refractivity contribution in [3.05, 3.63) is 34.8 Å². The van der Waals surface area contributed by atoms with Crippen LogP contribution in [0.2, 0.25) is 0 Å². The second-order valence-corrected chi connectivity index (χ2v) is 7.67. The number of esters is 1. The van der Waals surface area contributed by atoms with Crippen LogP contribution in [0, 0.1) is 18.3 Å². The summed E-state index contributed by atoms with van der Waals surface area (Å²) in [5.74, 6) is 0.0831. The van der Waals surface area contributed by atoms with E-state index in [1.807, 2.05) is 19.9 Å². The summed E-state index contributed by atoms with van der Waals surface area (Å²) in [6.07, 6.45) is 4.85. The minimum absolute atomic E-state index is 0.0756. The summed E-state index contributed by atoms with van der Waals surface area (Å²) in [5.41, 5.74) is 0.875. The second kappa shape index (κ2) is 4.82. The maximum atomic E-state index is 12.9. The highest BCUT2D eigenvalue weighted by atomic mass is 16.6. The number of rotatable bonds is 2. The van der Waals surface area contributed by atoms with Gasteiger partial charge < -0.3 is 13.9 Å². The van der Waals surface area contributed by atoms with Crippen molar-refractivity contribution in [2.45, 2.75) is 52.2 Å². The SMILES string of the molecule is Cc1coc2c1[C@@H](OC(=O)C1(C)CO1)[C@@]1(C)C(=CCC[C@@H]1C)C2=O. The summed E-state index contributed by atoms with van der Waals surface area (Å²) in [4.78, 5) is 25.5. The van der Waals surface area contributed by atoms with Crippen molar-refractivity contribution in [1.29, 1.82) is 0 Å². The van der Waals surface area contributed by atoms with E-state index in [4.69, 9.17) is 13.9 Å². The third kappa shape index (κ3) is 1.91. The molecular weight excluding hydrogens is 308 g/mol. The third-order valence-corrected chi connectivity index (χ3v) is 6.07. The van der Waals surface area contributed by atoms with Gasteiger partial charge in [-0.2, -0.15) is 0 Å². The van der Waals surface area contributed by atoms with Gasteiger partial charge in [-0.05, 0) is 38.2 Å². The standard InChI is InChI=1S/C19H22O5/c1-10-8-22-15-13(10)16(24-17(21)18(3)9-23-18)19(4)11(2)6-5-7-12(19)14(15)20/h7-8,11,16H,5-6,9H2,1-4H3/t11-,16+,18?,19+/m0/s1. The molecule has 0 spiro atoms. The Hall–Kier alpha value is -1.88. The molecule has 24 heavy (non-hydrogen) atoms. The maximum Gasteiger partial charge on any atom is 0.341 e. The molecule has 3 aliphatic rings. The molecule has 0 radical (unpaired) electrons. The molecule has 1 aliphatic heterocycles. The van der Waals surface area contributed by atoms with Gasteiger partial charge >= 0.3 is 5.97 Å². The summed E-state index contributed by atoms with van der Waals surface area (Å²) in [7, 11) is 0. The Balaban J connectivity index is 1.86. The average Bonchev–Trinajstić information content (AvgIpc) is 3.18. The Labute approximate surface area is 141 Å². The number of aryl methyl sites for hydroxylation is 1. The first-order valence-electron chi connectivity index (χ1n) is 8.47. The van der Waals surface area contributed by atoms with Crippen LogP contribution in [-0.2, 0) is 14.3 Å². The van der Waals surface area contributed by atoms with Crippen LogP contribution in [0.4, 0.5) is 0 Å². The fourth-order valence-corrected chi connectivity index (χ4v) is 4.02. The number of carbonyl (C=O) groups is 2. The van der Waals surface area contributed by atoms with Crippen molar-refractivity contribution >= 4 is 11.8 Å². The first kappa shape index (κ1) is 15.6. The van der Waals surface area contributed by atoms with Crippen LogP contribution in [-0.4, -0.2) is 24.0 Å². The van der Waals surface area contributed by atoms with Gasteiger partial charge in [0.15, 0.2) is 11.4 Å². The number of carbonyl (C=O) groups excluding carboxylic acids is 2. The van der Waals surface area contributed by atoms with Gasteiger partial charge in [0.2, 0.25) is 5.78 Å². The molecule has 4 atom stereocenters. The summed E-state index contributed by atoms with van der Waals surface area (Å²) in [6, 6.07) is 0. The van der Waals surface area contributed by atoms with Gasteiger partial charge in [0.05, 0.1) is 12.9 Å². The van der Waals surface area contributed by atoms with Gasteiger partial charge in [-0.1, -0.05) is 19.9 Å². The summed E-state index contributed by atoms with van der Waals surface area (Å²) < 4.78 is 16.7. The number of ether oxygens (including phenoxy) is 2. The van der Waals surface area contributed by atoms with E-state index >= 15 is 0 Å². The fourth-order valence-electron chi connectivity index (χ4n) is 4.02. The zero-order chi connectivity index (χ0) is 17.3. The molecule has 0 N–H and O–H groups in total. The van der Waals surface area contributed by atoms with E-state index in [-0.39, 0.29) is 17.7 Å². The summed E-state index contributed by atoms with van der Waals surface area (Å²) >= 11 is 0. The Morgan fingerprint density at radius 3 is 2.75 bits per heavy atom. The van der Waals surface area contributed by atoms with E-state index in [2.05, 4.69) is 6.92 Å². The highest BCUT2D eigenvalue weighted by Gasteiger charge is 2.57. The molecule has 4 rings (SSSR count). The van der Waals surface area contributed by atoms with Crippen LogP contribution in [0.5, 0.6) is 0 Å². The normalized spacial score (nSPS) is 37.3. The van der Waals surface area contributed by atoms with Crippen molar-refractivity contribution in [2.24, 2.45) is 11.3 Å². The second-order valence-electron chi connectivity index (χ2n) is 7.67. The van der Waals surface area contributed by atoms with Gasteiger partial charge in [0, 0.05) is 16.6 Å². The molecule has 0 saturated carbocycles. The molecule has 0 amide bonds. The van der Waals surface area contributed by atoms with Gasteiger partial charge in [-0.25, -0.2) is 4.79 Å². The molecule has 1 aromatic rings. The number of allylic oxidation sites excluding steroid dienone is 1. The minimum Gasteiger partial charge on any atom is -0.460 e. The molecule has 5 nitrogen and oxygen atoms in total. The Bertz CT molecular complexity index is 767. The van der Waals surface area contributed by atoms with Crippen molar-refractivity contribution < 1.29 is 23.5 Å². The topological polar surface area (TPSA) is 69.0 Å². The number of Topliss-reactive ketones (excluding diaryl/α,β-unsaturated/α-hetero) is 1. The molecule has 0 aromatic carbocycles. The lowest BCUT2D eigenvalue weighted by atomic mass is 9.58. The molecular formula is C19H22O5. The van der Waals surface area contributed by atoms with E-state index in [1.54, 1.807) is 13.2 Å². The lowest BCUT2D eigenvalue weighted by Crippen LogP contribution is -2.45. The molecule has 0 bridgehead atoms. The van der Waals surface area contributed by atoms with Crippen LogP contribution in [0.25, 0.3) is 0 Å². The van der Waals surface area contributed by atoms with Crippen LogP contribution < -0.4 is 0 Å². The number of ketones is 1. The first-order valence-corrected chi connectivity index (χ1v) is 8.47. The van der Waals surface area contributed by atoms with E-state index in [0.717, 1.165) is 18.4 Å². The zero-order valence-corrected chi connectivity index (χ0v) is 14.5. The summed E-state index contributed by atoms with van der Waals surface area (Å²) in [5, 5.41) is 0. The number of epoxide rings is 1. The van der Waals surface area contributed by atoms with Crippen LogP contribution in [0.3, 0.4) is 0 Å². The van der Waals surface area contributed by atoms with E-state index < -0.39 is 17.1 Å². The van der Waals surface area contributed by atoms with E-state index in [9.17, 15) is 9.59 Å². The quantitative estimate of drug-likeness (QED) is 0.613. The number of furan rings is 1. The fraction of sp³-hybridized carbons (Fsp3) is 0.579. The zero-order valence-electron chi connectivity index (χ0n) is 14.5. The van der Waals surface area contributed by atoms with Crippen LogP contribution in [0.15, 0.2) is 22.3 Å². The number of fused-ring (bicyclic) bond motifs is 2. The smallest absolute Gasteiger partial charge is 0.341 e. The molecule has 128 valence electrons. The van der Waals surface area contributed by atoms with Crippen molar-refractivity contribution in [3.8, 4) is 0 Å². The van der Waals surface area contributed by atoms with Crippen molar-refractivity contribution in [3.63, 3.8) is 0 Å². The lowest BCUT2D eigenvalue weighted by molar-refractivity contribution is -0.163. The van der Waals surface area contributed by atoms with Crippen molar-refractivity contribution in [2.75, 3.05) is 6.61 Å². The number of hydrogen-bond acceptors (Lipinski definition) is 5. The number of hydrogen-bond donors (Lipinski definition) is 0. The Morgan fingerprint density at radius 2 is 2.08 bits per heavy atom. The molecule has 2 heterocycles. The Kier molecular flexibility index (Phi) is 3.14. The van der Waals surface area contributed by atoms with Crippen LogP contribution in [0.1, 0.15) is 61.4 Å². The molecule has 1 unspecified atom stereocenters. The molecule has 2 aliphatic carbocycles. The highest BCUT2D eigenvalue weighted by Crippen LogP contribution is 2.57. The third-order valence-electron chi connectivity index (χ3n) is 6.07.